The SMILES string of the molecule is Cn1c(=O)n(C)c2cc(-c3cccc(-c4cc(-c5cc6c7ccccc7c7ccccc7c6c6ccccc56)nc(-c5ccccc5)n4)c3)ccc21. The van der Waals surface area contributed by atoms with E-state index in [4.69, 9.17) is 9.97 Å². The predicted molar refractivity (Wildman–Crippen MR) is 216 cm³/mol. The van der Waals surface area contributed by atoms with Gasteiger partial charge >= 0.3 is 5.69 Å². The molecule has 52 heavy (non-hydrogen) atoms. The summed E-state index contributed by atoms with van der Waals surface area (Å²) in [5, 5.41) is 9.78. The van der Waals surface area contributed by atoms with Crippen LogP contribution in [0.2, 0.25) is 0 Å². The number of rotatable bonds is 4. The normalized spacial score (nSPS) is 11.7. The molecule has 0 aliphatic carbocycles. The highest BCUT2D eigenvalue weighted by molar-refractivity contribution is 6.33. The van der Waals surface area contributed by atoms with Crippen LogP contribution in [0.3, 0.4) is 0 Å². The second-order valence-corrected chi connectivity index (χ2v) is 13.5. The fraction of sp³-hybridized carbons (Fsp3) is 0.0426. The Morgan fingerprint density at radius 3 is 1.69 bits per heavy atom. The molecule has 0 N–H and O–H groups in total. The Kier molecular flexibility index (Phi) is 6.70. The van der Waals surface area contributed by atoms with Crippen molar-refractivity contribution in [2.75, 3.05) is 0 Å². The molecule has 0 saturated heterocycles. The Labute approximate surface area is 299 Å². The van der Waals surface area contributed by atoms with Crippen LogP contribution in [-0.4, -0.2) is 19.1 Å². The van der Waals surface area contributed by atoms with Crippen LogP contribution in [0, 0.1) is 0 Å². The molecule has 2 heterocycles. The summed E-state index contributed by atoms with van der Waals surface area (Å²) in [6.45, 7) is 0. The van der Waals surface area contributed by atoms with Gasteiger partial charge in [0.25, 0.3) is 0 Å². The third-order valence-electron chi connectivity index (χ3n) is 10.5. The van der Waals surface area contributed by atoms with E-state index in [1.54, 1.807) is 9.13 Å². The maximum Gasteiger partial charge on any atom is 0.328 e. The van der Waals surface area contributed by atoms with Gasteiger partial charge in [0.15, 0.2) is 5.82 Å². The van der Waals surface area contributed by atoms with Gasteiger partial charge in [0.05, 0.1) is 22.4 Å². The van der Waals surface area contributed by atoms with Crippen molar-refractivity contribution < 1.29 is 0 Å². The van der Waals surface area contributed by atoms with Crippen molar-refractivity contribution in [3.05, 3.63) is 168 Å². The lowest BCUT2D eigenvalue weighted by molar-refractivity contribution is 0.795. The number of fused-ring (bicyclic) bond motifs is 9. The Morgan fingerprint density at radius 1 is 0.404 bits per heavy atom. The van der Waals surface area contributed by atoms with Crippen molar-refractivity contribution >= 4 is 54.1 Å². The highest BCUT2D eigenvalue weighted by Gasteiger charge is 2.18. The first-order chi connectivity index (χ1) is 25.5. The van der Waals surface area contributed by atoms with Gasteiger partial charge in [-0.3, -0.25) is 9.13 Å². The zero-order valence-electron chi connectivity index (χ0n) is 28.7. The smallest absolute Gasteiger partial charge is 0.295 e. The molecule has 2 aromatic heterocycles. The van der Waals surface area contributed by atoms with E-state index in [2.05, 4.69) is 133 Å². The lowest BCUT2D eigenvalue weighted by Gasteiger charge is -2.17. The molecule has 5 nitrogen and oxygen atoms in total. The van der Waals surface area contributed by atoms with Gasteiger partial charge in [-0.05, 0) is 84.5 Å². The number of aryl methyl sites for hydroxylation is 2. The van der Waals surface area contributed by atoms with E-state index in [9.17, 15) is 4.79 Å². The Balaban J connectivity index is 1.23. The van der Waals surface area contributed by atoms with E-state index in [-0.39, 0.29) is 5.69 Å². The van der Waals surface area contributed by atoms with E-state index in [0.29, 0.717) is 5.82 Å². The average molecular weight is 669 g/mol. The molecule has 0 fully saturated rings. The average Bonchev–Trinajstić information content (AvgIpc) is 3.43. The molecule has 246 valence electrons. The largest absolute Gasteiger partial charge is 0.328 e. The molecule has 0 amide bonds. The van der Waals surface area contributed by atoms with Gasteiger partial charge in [-0.25, -0.2) is 14.8 Å². The highest BCUT2D eigenvalue weighted by Crippen LogP contribution is 2.43. The zero-order chi connectivity index (χ0) is 34.9. The Morgan fingerprint density at radius 2 is 0.942 bits per heavy atom. The highest BCUT2D eigenvalue weighted by atomic mass is 16.1. The molecular weight excluding hydrogens is 637 g/mol. The van der Waals surface area contributed by atoms with Crippen LogP contribution in [-0.2, 0) is 14.1 Å². The molecule has 0 spiro atoms. The maximum atomic E-state index is 12.7. The fourth-order valence-corrected chi connectivity index (χ4v) is 7.97. The second kappa shape index (κ2) is 11.6. The first-order valence-electron chi connectivity index (χ1n) is 17.5. The summed E-state index contributed by atoms with van der Waals surface area (Å²) in [6.07, 6.45) is 0. The molecule has 8 aromatic carbocycles. The molecule has 10 rings (SSSR count). The first-order valence-corrected chi connectivity index (χ1v) is 17.5. The maximum absolute atomic E-state index is 12.7. The van der Waals surface area contributed by atoms with Crippen molar-refractivity contribution in [1.29, 1.82) is 0 Å². The Bertz CT molecular complexity index is 3120. The van der Waals surface area contributed by atoms with Crippen molar-refractivity contribution in [2.24, 2.45) is 14.1 Å². The summed E-state index contributed by atoms with van der Waals surface area (Å²) in [7, 11) is 3.63. The van der Waals surface area contributed by atoms with E-state index in [1.165, 1.54) is 37.7 Å². The van der Waals surface area contributed by atoms with Gasteiger partial charge in [0, 0.05) is 30.8 Å². The number of nitrogens with zero attached hydrogens (tertiary/aromatic N) is 4. The molecule has 0 bridgehead atoms. The molecule has 10 aromatic rings. The minimum absolute atomic E-state index is 0.0368. The number of benzene rings is 8. The molecule has 0 aliphatic heterocycles. The molecule has 0 saturated carbocycles. The summed E-state index contributed by atoms with van der Waals surface area (Å²) in [6, 6.07) is 55.5. The zero-order valence-corrected chi connectivity index (χ0v) is 28.7. The molecule has 0 aliphatic rings. The lowest BCUT2D eigenvalue weighted by atomic mass is 9.88. The number of imidazole rings is 1. The monoisotopic (exact) mass is 668 g/mol. The van der Waals surface area contributed by atoms with Crippen molar-refractivity contribution in [1.82, 2.24) is 19.1 Å². The van der Waals surface area contributed by atoms with Crippen LogP contribution in [0.5, 0.6) is 0 Å². The number of aromatic nitrogens is 4. The lowest BCUT2D eigenvalue weighted by Crippen LogP contribution is -2.19. The summed E-state index contributed by atoms with van der Waals surface area (Å²) in [4.78, 5) is 23.1. The van der Waals surface area contributed by atoms with Crippen molar-refractivity contribution in [3.8, 4) is 45.0 Å². The van der Waals surface area contributed by atoms with Crippen LogP contribution in [0.1, 0.15) is 0 Å². The van der Waals surface area contributed by atoms with E-state index in [0.717, 1.165) is 55.6 Å². The minimum atomic E-state index is -0.0368. The predicted octanol–water partition coefficient (Wildman–Crippen LogP) is 10.9. The first kappa shape index (κ1) is 30.0. The standard InChI is InChI=1S/C47H32N4O/c1-50-43-24-23-31(26-44(43)51(2)47(50)52)30-15-12-16-32(25-30)41-28-42(49-46(48-41)29-13-4-3-5-14-29)39-27-40-35-19-7-6-17-33(35)34-18-8-10-21-37(34)45(40)38-22-11-9-20-36(38)39/h3-28H,1-2H3. The van der Waals surface area contributed by atoms with E-state index >= 15 is 0 Å². The van der Waals surface area contributed by atoms with Gasteiger partial charge in [-0.15, -0.1) is 0 Å². The molecule has 0 radical (unpaired) electrons. The third kappa shape index (κ3) is 4.60. The van der Waals surface area contributed by atoms with Gasteiger partial charge in [0.2, 0.25) is 0 Å². The van der Waals surface area contributed by atoms with Crippen LogP contribution in [0.25, 0.3) is 99.2 Å². The summed E-state index contributed by atoms with van der Waals surface area (Å²) in [5.74, 6) is 0.673. The van der Waals surface area contributed by atoms with Gasteiger partial charge in [-0.2, -0.15) is 0 Å². The third-order valence-corrected chi connectivity index (χ3v) is 10.5. The van der Waals surface area contributed by atoms with Gasteiger partial charge < -0.3 is 0 Å². The number of hydrogen-bond donors (Lipinski definition) is 0. The fourth-order valence-electron chi connectivity index (χ4n) is 7.97. The van der Waals surface area contributed by atoms with Crippen LogP contribution < -0.4 is 5.69 Å². The molecule has 0 unspecified atom stereocenters. The topological polar surface area (TPSA) is 52.7 Å². The van der Waals surface area contributed by atoms with Gasteiger partial charge in [0.1, 0.15) is 0 Å². The van der Waals surface area contributed by atoms with Crippen molar-refractivity contribution in [2.45, 2.75) is 0 Å². The molecular formula is C47H32N4O. The minimum Gasteiger partial charge on any atom is -0.295 e. The number of hydrogen-bond acceptors (Lipinski definition) is 3. The van der Waals surface area contributed by atoms with Crippen LogP contribution in [0.15, 0.2) is 163 Å². The summed E-state index contributed by atoms with van der Waals surface area (Å²) >= 11 is 0. The quantitative estimate of drug-likeness (QED) is 0.175. The van der Waals surface area contributed by atoms with Gasteiger partial charge in [-0.1, -0.05) is 127 Å². The summed E-state index contributed by atoms with van der Waals surface area (Å²) < 4.78 is 3.39. The van der Waals surface area contributed by atoms with Crippen molar-refractivity contribution in [3.63, 3.8) is 0 Å². The van der Waals surface area contributed by atoms with E-state index in [1.807, 2.05) is 38.4 Å². The molecule has 5 heteroatoms. The molecule has 0 atom stereocenters. The summed E-state index contributed by atoms with van der Waals surface area (Å²) in [5.41, 5.74) is 8.57. The van der Waals surface area contributed by atoms with Crippen LogP contribution >= 0.6 is 0 Å². The van der Waals surface area contributed by atoms with E-state index < -0.39 is 0 Å². The second-order valence-electron chi connectivity index (χ2n) is 13.5. The van der Waals surface area contributed by atoms with Crippen LogP contribution in [0.4, 0.5) is 0 Å². The Hall–Kier alpha value is -6.85.